The molecule has 0 radical (unpaired) electrons. The molecule has 1 saturated carbocycles. The molecule has 1 amide bonds. The smallest absolute Gasteiger partial charge is 0.353 e. The van der Waals surface area contributed by atoms with Crippen molar-refractivity contribution in [3.05, 3.63) is 35.4 Å². The van der Waals surface area contributed by atoms with Crippen molar-refractivity contribution in [1.82, 2.24) is 5.32 Å². The Bertz CT molecular complexity index is 508. The average molecular weight is 337 g/mol. The minimum atomic E-state index is -4.39. The third-order valence-electron chi connectivity index (χ3n) is 3.93. The van der Waals surface area contributed by atoms with E-state index in [4.69, 9.17) is 5.73 Å². The summed E-state index contributed by atoms with van der Waals surface area (Å²) in [5, 5.41) is 2.89. The number of alkyl halides is 3. The van der Waals surface area contributed by atoms with Gasteiger partial charge in [0.05, 0.1) is 12.0 Å². The topological polar surface area (TPSA) is 55.1 Å². The van der Waals surface area contributed by atoms with Crippen LogP contribution in [0.4, 0.5) is 13.2 Å². The molecule has 0 saturated heterocycles. The van der Waals surface area contributed by atoms with E-state index in [1.165, 1.54) is 12.1 Å². The highest BCUT2D eigenvalue weighted by molar-refractivity contribution is 5.85. The molecular weight excluding hydrogens is 317 g/mol. The molecule has 1 aliphatic rings. The first-order valence-corrected chi connectivity index (χ1v) is 7.05. The molecule has 2 unspecified atom stereocenters. The zero-order valence-electron chi connectivity index (χ0n) is 12.0. The van der Waals surface area contributed by atoms with E-state index in [1.54, 1.807) is 0 Å². The molecule has 1 aromatic rings. The van der Waals surface area contributed by atoms with Gasteiger partial charge < -0.3 is 11.1 Å². The van der Waals surface area contributed by atoms with E-state index in [9.17, 15) is 18.0 Å². The molecular formula is C15H20ClF3N2O. The van der Waals surface area contributed by atoms with Gasteiger partial charge in [0.15, 0.2) is 0 Å². The zero-order valence-corrected chi connectivity index (χ0v) is 12.8. The predicted octanol–water partition coefficient (Wildman–Crippen LogP) is 2.91. The summed E-state index contributed by atoms with van der Waals surface area (Å²) < 4.78 is 37.8. The third kappa shape index (κ3) is 4.88. The molecule has 1 fully saturated rings. The van der Waals surface area contributed by atoms with Crippen LogP contribution in [0.2, 0.25) is 0 Å². The molecule has 0 aliphatic heterocycles. The molecule has 7 heteroatoms. The summed E-state index contributed by atoms with van der Waals surface area (Å²) in [6.07, 6.45) is -1.53. The zero-order chi connectivity index (χ0) is 15.5. The molecule has 1 aromatic carbocycles. The highest BCUT2D eigenvalue weighted by Crippen LogP contribution is 2.29. The monoisotopic (exact) mass is 336 g/mol. The second-order valence-corrected chi connectivity index (χ2v) is 5.48. The first kappa shape index (κ1) is 18.8. The van der Waals surface area contributed by atoms with Crippen LogP contribution in [0.15, 0.2) is 24.3 Å². The highest BCUT2D eigenvalue weighted by atomic mass is 35.5. The Kier molecular flexibility index (Phi) is 6.68. The first-order chi connectivity index (χ1) is 9.90. The highest BCUT2D eigenvalue weighted by Gasteiger charge is 2.31. The summed E-state index contributed by atoms with van der Waals surface area (Å²) in [6.45, 7) is 0.522. The number of amides is 1. The maximum atomic E-state index is 12.6. The Morgan fingerprint density at radius 1 is 1.32 bits per heavy atom. The standard InChI is InChI=1S/C15H19F3N2O.ClH/c16-15(17,18)12-5-1-3-10(7-12)8-14(21)20-13-6-2-4-11(13)9-19;/h1,3,5,7,11,13H,2,4,6,8-9,19H2,(H,20,21);1H. The number of carbonyl (C=O) groups is 1. The summed E-state index contributed by atoms with van der Waals surface area (Å²) in [5.74, 6) is 0.0233. The van der Waals surface area contributed by atoms with Crippen molar-refractivity contribution >= 4 is 18.3 Å². The van der Waals surface area contributed by atoms with Gasteiger partial charge in [-0.15, -0.1) is 12.4 Å². The van der Waals surface area contributed by atoms with E-state index in [1.807, 2.05) is 0 Å². The van der Waals surface area contributed by atoms with Crippen LogP contribution in [0.1, 0.15) is 30.4 Å². The Hall–Kier alpha value is -1.27. The van der Waals surface area contributed by atoms with Crippen LogP contribution >= 0.6 is 12.4 Å². The molecule has 3 N–H and O–H groups in total. The number of halogens is 4. The van der Waals surface area contributed by atoms with Gasteiger partial charge in [0.25, 0.3) is 0 Å². The fourth-order valence-electron chi connectivity index (χ4n) is 2.81. The van der Waals surface area contributed by atoms with Gasteiger partial charge in [-0.3, -0.25) is 4.79 Å². The summed E-state index contributed by atoms with van der Waals surface area (Å²) >= 11 is 0. The number of hydrogen-bond acceptors (Lipinski definition) is 2. The lowest BCUT2D eigenvalue weighted by Crippen LogP contribution is -2.40. The van der Waals surface area contributed by atoms with E-state index in [2.05, 4.69) is 5.32 Å². The Morgan fingerprint density at radius 2 is 2.05 bits per heavy atom. The lowest BCUT2D eigenvalue weighted by molar-refractivity contribution is -0.137. The first-order valence-electron chi connectivity index (χ1n) is 7.05. The average Bonchev–Trinajstić information content (AvgIpc) is 2.85. The Morgan fingerprint density at radius 3 is 2.68 bits per heavy atom. The normalized spacial score (nSPS) is 21.3. The van der Waals surface area contributed by atoms with Gasteiger partial charge in [0.1, 0.15) is 0 Å². The molecule has 0 spiro atoms. The molecule has 2 rings (SSSR count). The maximum absolute atomic E-state index is 12.6. The van der Waals surface area contributed by atoms with Crippen molar-refractivity contribution in [3.63, 3.8) is 0 Å². The number of nitrogens with two attached hydrogens (primary N) is 1. The number of benzene rings is 1. The van der Waals surface area contributed by atoms with Crippen LogP contribution in [-0.4, -0.2) is 18.5 Å². The fraction of sp³-hybridized carbons (Fsp3) is 0.533. The largest absolute Gasteiger partial charge is 0.416 e. The Balaban J connectivity index is 0.00000242. The molecule has 0 heterocycles. The molecule has 2 atom stereocenters. The minimum Gasteiger partial charge on any atom is -0.353 e. The van der Waals surface area contributed by atoms with Gasteiger partial charge >= 0.3 is 6.18 Å². The van der Waals surface area contributed by atoms with Crippen LogP contribution in [0.3, 0.4) is 0 Å². The van der Waals surface area contributed by atoms with E-state index < -0.39 is 11.7 Å². The summed E-state index contributed by atoms with van der Waals surface area (Å²) in [7, 11) is 0. The minimum absolute atomic E-state index is 0. The maximum Gasteiger partial charge on any atom is 0.416 e. The number of rotatable bonds is 4. The number of nitrogens with one attached hydrogen (secondary N) is 1. The third-order valence-corrected chi connectivity index (χ3v) is 3.93. The van der Waals surface area contributed by atoms with Gasteiger partial charge in [-0.1, -0.05) is 24.6 Å². The van der Waals surface area contributed by atoms with Gasteiger partial charge in [-0.25, -0.2) is 0 Å². The van der Waals surface area contributed by atoms with E-state index in [0.717, 1.165) is 31.4 Å². The van der Waals surface area contributed by atoms with Gasteiger partial charge in [0.2, 0.25) is 5.91 Å². The van der Waals surface area contributed by atoms with Crippen molar-refractivity contribution < 1.29 is 18.0 Å². The lowest BCUT2D eigenvalue weighted by atomic mass is 10.0. The number of hydrogen-bond donors (Lipinski definition) is 2. The van der Waals surface area contributed by atoms with Crippen LogP contribution in [-0.2, 0) is 17.4 Å². The van der Waals surface area contributed by atoms with Crippen molar-refractivity contribution in [2.45, 2.75) is 37.9 Å². The quantitative estimate of drug-likeness (QED) is 0.888. The molecule has 22 heavy (non-hydrogen) atoms. The van der Waals surface area contributed by atoms with Crippen molar-refractivity contribution in [2.24, 2.45) is 11.7 Å². The van der Waals surface area contributed by atoms with Crippen LogP contribution < -0.4 is 11.1 Å². The second kappa shape index (κ2) is 7.83. The Labute approximate surface area is 133 Å². The summed E-state index contributed by atoms with van der Waals surface area (Å²) in [6, 6.07) is 4.93. The SMILES string of the molecule is Cl.NCC1CCCC1NC(=O)Cc1cccc(C(F)(F)F)c1. The lowest BCUT2D eigenvalue weighted by Gasteiger charge is -2.19. The van der Waals surface area contributed by atoms with E-state index in [-0.39, 0.29) is 36.7 Å². The summed E-state index contributed by atoms with van der Waals surface area (Å²) in [5.41, 5.74) is 5.28. The van der Waals surface area contributed by atoms with Crippen LogP contribution in [0, 0.1) is 5.92 Å². The van der Waals surface area contributed by atoms with Gasteiger partial charge in [-0.05, 0) is 36.9 Å². The van der Waals surface area contributed by atoms with E-state index >= 15 is 0 Å². The molecule has 0 bridgehead atoms. The molecule has 3 nitrogen and oxygen atoms in total. The van der Waals surface area contributed by atoms with Gasteiger partial charge in [-0.2, -0.15) is 13.2 Å². The van der Waals surface area contributed by atoms with Crippen molar-refractivity contribution in [1.29, 1.82) is 0 Å². The molecule has 1 aliphatic carbocycles. The predicted molar refractivity (Wildman–Crippen MR) is 80.7 cm³/mol. The fourth-order valence-corrected chi connectivity index (χ4v) is 2.81. The second-order valence-electron chi connectivity index (χ2n) is 5.48. The van der Waals surface area contributed by atoms with E-state index in [0.29, 0.717) is 12.1 Å². The van der Waals surface area contributed by atoms with Gasteiger partial charge in [0, 0.05) is 6.04 Å². The number of carbonyl (C=O) groups excluding carboxylic acids is 1. The summed E-state index contributed by atoms with van der Waals surface area (Å²) in [4.78, 5) is 12.0. The van der Waals surface area contributed by atoms with Crippen LogP contribution in [0.25, 0.3) is 0 Å². The van der Waals surface area contributed by atoms with Crippen molar-refractivity contribution in [3.8, 4) is 0 Å². The molecule has 0 aromatic heterocycles. The van der Waals surface area contributed by atoms with Crippen LogP contribution in [0.5, 0.6) is 0 Å². The van der Waals surface area contributed by atoms with Crippen molar-refractivity contribution in [2.75, 3.05) is 6.54 Å². The molecule has 124 valence electrons.